The fourth-order valence-electron chi connectivity index (χ4n) is 1.66. The van der Waals surface area contributed by atoms with E-state index < -0.39 is 5.60 Å². The highest BCUT2D eigenvalue weighted by Gasteiger charge is 2.46. The van der Waals surface area contributed by atoms with E-state index in [-0.39, 0.29) is 6.04 Å². The maximum absolute atomic E-state index is 9.85. The van der Waals surface area contributed by atoms with Crippen LogP contribution in [0.5, 0.6) is 0 Å². The summed E-state index contributed by atoms with van der Waals surface area (Å²) < 4.78 is 0. The molecule has 1 atom stereocenters. The molecule has 2 rings (SSSR count). The number of hydrogen-bond acceptors (Lipinski definition) is 2. The van der Waals surface area contributed by atoms with Gasteiger partial charge in [-0.2, -0.15) is 0 Å². The zero-order chi connectivity index (χ0) is 9.47. The van der Waals surface area contributed by atoms with Crippen LogP contribution in [0.2, 0.25) is 0 Å². The van der Waals surface area contributed by atoms with Gasteiger partial charge in [-0.3, -0.25) is 0 Å². The molecule has 1 aliphatic rings. The molecule has 1 aromatic rings. The van der Waals surface area contributed by atoms with Crippen molar-refractivity contribution in [3.05, 3.63) is 35.4 Å². The van der Waals surface area contributed by atoms with Gasteiger partial charge in [-0.1, -0.05) is 24.3 Å². The number of benzene rings is 1. The van der Waals surface area contributed by atoms with Crippen molar-refractivity contribution in [2.75, 3.05) is 0 Å². The highest BCUT2D eigenvalue weighted by atomic mass is 16.3. The van der Waals surface area contributed by atoms with E-state index in [0.29, 0.717) is 0 Å². The summed E-state index contributed by atoms with van der Waals surface area (Å²) in [6.07, 6.45) is 1.67. The van der Waals surface area contributed by atoms with E-state index in [1.54, 1.807) is 0 Å². The largest absolute Gasteiger partial charge is 0.388 e. The van der Waals surface area contributed by atoms with Crippen molar-refractivity contribution in [3.63, 3.8) is 0 Å². The van der Waals surface area contributed by atoms with E-state index in [9.17, 15) is 5.11 Å². The molecule has 0 heterocycles. The van der Waals surface area contributed by atoms with Crippen LogP contribution in [0.4, 0.5) is 0 Å². The maximum Gasteiger partial charge on any atom is 0.0841 e. The van der Waals surface area contributed by atoms with Crippen LogP contribution in [0.1, 0.15) is 30.0 Å². The Morgan fingerprint density at radius 3 is 2.54 bits per heavy atom. The zero-order valence-electron chi connectivity index (χ0n) is 7.83. The molecule has 0 aliphatic heterocycles. The molecule has 2 heteroatoms. The van der Waals surface area contributed by atoms with Crippen LogP contribution >= 0.6 is 0 Å². The predicted octanol–water partition coefficient (Wildman–Crippen LogP) is 1.52. The SMILES string of the molecule is Cc1ccccc1[C@@H](N)C1(O)CC1. The number of hydrogen-bond donors (Lipinski definition) is 2. The highest BCUT2D eigenvalue weighted by molar-refractivity contribution is 5.32. The van der Waals surface area contributed by atoms with E-state index in [2.05, 4.69) is 0 Å². The molecule has 3 N–H and O–H groups in total. The van der Waals surface area contributed by atoms with Gasteiger partial charge in [0.2, 0.25) is 0 Å². The summed E-state index contributed by atoms with van der Waals surface area (Å²) >= 11 is 0. The first-order valence-electron chi connectivity index (χ1n) is 4.67. The van der Waals surface area contributed by atoms with Crippen molar-refractivity contribution in [1.29, 1.82) is 0 Å². The van der Waals surface area contributed by atoms with Gasteiger partial charge in [0.05, 0.1) is 11.6 Å². The molecule has 13 heavy (non-hydrogen) atoms. The first-order valence-corrected chi connectivity index (χ1v) is 4.67. The molecule has 1 saturated carbocycles. The van der Waals surface area contributed by atoms with Gasteiger partial charge in [-0.05, 0) is 30.9 Å². The Morgan fingerprint density at radius 1 is 1.38 bits per heavy atom. The fourth-order valence-corrected chi connectivity index (χ4v) is 1.66. The Balaban J connectivity index is 2.30. The van der Waals surface area contributed by atoms with Gasteiger partial charge >= 0.3 is 0 Å². The lowest BCUT2D eigenvalue weighted by Crippen LogP contribution is -2.28. The Labute approximate surface area is 78.4 Å². The van der Waals surface area contributed by atoms with Crippen LogP contribution in [-0.2, 0) is 0 Å². The van der Waals surface area contributed by atoms with Gasteiger partial charge in [-0.25, -0.2) is 0 Å². The van der Waals surface area contributed by atoms with Crippen molar-refractivity contribution >= 4 is 0 Å². The normalized spacial score (nSPS) is 21.2. The minimum Gasteiger partial charge on any atom is -0.388 e. The number of rotatable bonds is 2. The first kappa shape index (κ1) is 8.73. The van der Waals surface area contributed by atoms with Crippen LogP contribution < -0.4 is 5.73 Å². The zero-order valence-corrected chi connectivity index (χ0v) is 7.83. The molecule has 0 radical (unpaired) electrons. The van der Waals surface area contributed by atoms with Gasteiger partial charge in [0.25, 0.3) is 0 Å². The average Bonchev–Trinajstić information content (AvgIpc) is 2.85. The van der Waals surface area contributed by atoms with Crippen molar-refractivity contribution in [1.82, 2.24) is 0 Å². The third kappa shape index (κ3) is 1.47. The molecule has 2 nitrogen and oxygen atoms in total. The summed E-state index contributed by atoms with van der Waals surface area (Å²) in [5, 5.41) is 9.85. The Hall–Kier alpha value is -0.860. The minimum atomic E-state index is -0.619. The van der Waals surface area contributed by atoms with E-state index in [4.69, 9.17) is 5.73 Å². The second kappa shape index (κ2) is 2.82. The van der Waals surface area contributed by atoms with Crippen LogP contribution in [0.3, 0.4) is 0 Å². The van der Waals surface area contributed by atoms with Gasteiger partial charge in [-0.15, -0.1) is 0 Å². The second-order valence-corrected chi connectivity index (χ2v) is 3.94. The minimum absolute atomic E-state index is 0.214. The molecule has 1 fully saturated rings. The molecular weight excluding hydrogens is 162 g/mol. The molecule has 1 aromatic carbocycles. The van der Waals surface area contributed by atoms with Gasteiger partial charge in [0.15, 0.2) is 0 Å². The predicted molar refractivity (Wildman–Crippen MR) is 52.3 cm³/mol. The lowest BCUT2D eigenvalue weighted by atomic mass is 9.96. The monoisotopic (exact) mass is 177 g/mol. The quantitative estimate of drug-likeness (QED) is 0.719. The third-order valence-electron chi connectivity index (χ3n) is 2.86. The van der Waals surface area contributed by atoms with Crippen molar-refractivity contribution in [3.8, 4) is 0 Å². The maximum atomic E-state index is 9.85. The van der Waals surface area contributed by atoms with Gasteiger partial charge in [0, 0.05) is 0 Å². The summed E-state index contributed by atoms with van der Waals surface area (Å²) in [5.74, 6) is 0. The van der Waals surface area contributed by atoms with Gasteiger partial charge in [0.1, 0.15) is 0 Å². The third-order valence-corrected chi connectivity index (χ3v) is 2.86. The summed E-state index contributed by atoms with van der Waals surface area (Å²) in [7, 11) is 0. The van der Waals surface area contributed by atoms with E-state index in [1.807, 2.05) is 31.2 Å². The van der Waals surface area contributed by atoms with Crippen molar-refractivity contribution in [2.24, 2.45) is 5.73 Å². The molecule has 70 valence electrons. The summed E-state index contributed by atoms with van der Waals surface area (Å²) in [4.78, 5) is 0. The molecule has 0 amide bonds. The lowest BCUT2D eigenvalue weighted by molar-refractivity contribution is 0.119. The number of nitrogens with two attached hydrogens (primary N) is 1. The fraction of sp³-hybridized carbons (Fsp3) is 0.455. The standard InChI is InChI=1S/C11H15NO/c1-8-4-2-3-5-9(8)10(12)11(13)6-7-11/h2-5,10,13H,6-7,12H2,1H3/t10-/m1/s1. The highest BCUT2D eigenvalue weighted by Crippen LogP contribution is 2.44. The van der Waals surface area contributed by atoms with Crippen molar-refractivity contribution < 1.29 is 5.11 Å². The number of aryl methyl sites for hydroxylation is 1. The van der Waals surface area contributed by atoms with Gasteiger partial charge < -0.3 is 10.8 Å². The first-order chi connectivity index (χ1) is 6.13. The Morgan fingerprint density at radius 2 is 2.00 bits per heavy atom. The van der Waals surface area contributed by atoms with Crippen LogP contribution in [0.25, 0.3) is 0 Å². The second-order valence-electron chi connectivity index (χ2n) is 3.94. The number of aliphatic hydroxyl groups is 1. The van der Waals surface area contributed by atoms with Crippen LogP contribution in [-0.4, -0.2) is 10.7 Å². The van der Waals surface area contributed by atoms with E-state index in [0.717, 1.165) is 24.0 Å². The van der Waals surface area contributed by atoms with Crippen LogP contribution in [0.15, 0.2) is 24.3 Å². The summed E-state index contributed by atoms with van der Waals surface area (Å²) in [6, 6.07) is 7.77. The molecule has 1 aliphatic carbocycles. The molecule has 0 aromatic heterocycles. The molecule has 0 spiro atoms. The Bertz CT molecular complexity index is 318. The molecular formula is C11H15NO. The van der Waals surface area contributed by atoms with Crippen LogP contribution in [0, 0.1) is 6.92 Å². The summed E-state index contributed by atoms with van der Waals surface area (Å²) in [5.41, 5.74) is 7.60. The molecule has 0 bridgehead atoms. The smallest absolute Gasteiger partial charge is 0.0841 e. The Kier molecular flexibility index (Phi) is 1.90. The van der Waals surface area contributed by atoms with E-state index >= 15 is 0 Å². The lowest BCUT2D eigenvalue weighted by Gasteiger charge is -2.19. The average molecular weight is 177 g/mol. The summed E-state index contributed by atoms with van der Waals surface area (Å²) in [6.45, 7) is 2.03. The topological polar surface area (TPSA) is 46.2 Å². The van der Waals surface area contributed by atoms with E-state index in [1.165, 1.54) is 0 Å². The molecule has 0 saturated heterocycles. The van der Waals surface area contributed by atoms with Crippen molar-refractivity contribution in [2.45, 2.75) is 31.4 Å². The molecule has 0 unspecified atom stereocenters.